The number of carbonyl (C=O) groups excluding carboxylic acids is 5. The highest BCUT2D eigenvalue weighted by Gasteiger charge is 2.31. The molecule has 4 atom stereocenters. The topological polar surface area (TPSA) is 171 Å². The third kappa shape index (κ3) is 13.4. The molecule has 4 amide bonds. The number of nitrogens with zero attached hydrogens (tertiary/aromatic N) is 1. The zero-order chi connectivity index (χ0) is 32.6. The number of ether oxygens (including phenoxy) is 1. The molecule has 0 aliphatic heterocycles. The summed E-state index contributed by atoms with van der Waals surface area (Å²) in [6.07, 6.45) is 4.08. The van der Waals surface area contributed by atoms with Gasteiger partial charge >= 0.3 is 6.09 Å². The summed E-state index contributed by atoms with van der Waals surface area (Å²) in [5.41, 5.74) is 1.38. The number of hydrogen-bond donors (Lipinski definition) is 5. The number of rotatable bonds is 18. The summed E-state index contributed by atoms with van der Waals surface area (Å²) in [5, 5.41) is 10.9. The van der Waals surface area contributed by atoms with Gasteiger partial charge in [0.25, 0.3) is 0 Å². The van der Waals surface area contributed by atoms with Crippen molar-refractivity contribution in [1.82, 2.24) is 31.2 Å². The molecule has 1 aromatic carbocycles. The molecule has 0 fully saturated rings. The summed E-state index contributed by atoms with van der Waals surface area (Å²) in [4.78, 5) is 71.4. The maximum absolute atomic E-state index is 13.6. The van der Waals surface area contributed by atoms with Crippen LogP contribution in [-0.2, 0) is 36.9 Å². The smallest absolute Gasteiger partial charge is 0.408 e. The fourth-order valence-corrected chi connectivity index (χ4v) is 4.62. The Morgan fingerprint density at radius 1 is 0.773 bits per heavy atom. The molecule has 1 heterocycles. The van der Waals surface area contributed by atoms with Gasteiger partial charge in [-0.15, -0.1) is 0 Å². The van der Waals surface area contributed by atoms with Crippen LogP contribution in [-0.4, -0.2) is 64.2 Å². The molecule has 0 saturated heterocycles. The Bertz CT molecular complexity index is 1190. The minimum absolute atomic E-state index is 0.0174. The van der Waals surface area contributed by atoms with Crippen molar-refractivity contribution in [2.24, 2.45) is 17.8 Å². The van der Waals surface area contributed by atoms with Gasteiger partial charge in [-0.1, -0.05) is 71.9 Å². The number of carbonyl (C=O) groups is 5. The Labute approximate surface area is 259 Å². The quantitative estimate of drug-likeness (QED) is 0.161. The number of nitrogens with one attached hydrogen (secondary N) is 5. The molecule has 0 unspecified atom stereocenters. The lowest BCUT2D eigenvalue weighted by molar-refractivity contribution is -0.133. The minimum atomic E-state index is -1.08. The van der Waals surface area contributed by atoms with Gasteiger partial charge in [0.15, 0.2) is 0 Å². The fourth-order valence-electron chi connectivity index (χ4n) is 4.62. The van der Waals surface area contributed by atoms with Gasteiger partial charge in [0.05, 0.1) is 12.4 Å². The monoisotopic (exact) mass is 612 g/mol. The number of hydrogen-bond acceptors (Lipinski definition) is 7. The molecule has 242 valence electrons. The largest absolute Gasteiger partial charge is 0.445 e. The fraction of sp³-hybridized carbons (Fsp3) is 0.562. The predicted molar refractivity (Wildman–Crippen MR) is 166 cm³/mol. The van der Waals surface area contributed by atoms with Crippen LogP contribution >= 0.6 is 0 Å². The number of alkyl carbamates (subject to hydrolysis) is 1. The number of imidazole rings is 1. The van der Waals surface area contributed by atoms with Crippen molar-refractivity contribution in [2.45, 2.75) is 98.0 Å². The van der Waals surface area contributed by atoms with Gasteiger partial charge in [-0.25, -0.2) is 9.78 Å². The van der Waals surface area contributed by atoms with E-state index in [0.717, 1.165) is 5.56 Å². The van der Waals surface area contributed by atoms with Crippen LogP contribution in [0.15, 0.2) is 42.9 Å². The first-order chi connectivity index (χ1) is 20.9. The van der Waals surface area contributed by atoms with E-state index in [-0.39, 0.29) is 37.2 Å². The van der Waals surface area contributed by atoms with E-state index in [1.807, 2.05) is 71.9 Å². The summed E-state index contributed by atoms with van der Waals surface area (Å²) in [6, 6.07) is 5.48. The van der Waals surface area contributed by atoms with E-state index in [2.05, 4.69) is 31.2 Å². The standard InChI is InChI=1S/C32H48N6O6/c1-20(2)12-25(17-39)35-29(40)26(13-21(3)4)36-30(41)27(14-22(5)6)37-31(42)28(15-24-16-33-19-34-24)38-32(43)44-18-23-10-8-7-9-11-23/h7-11,16-17,19-22,25-28H,12-15,18H2,1-6H3,(H,33,34)(H,35,40)(H,36,41)(H,37,42)(H,38,43)/t25-,26-,27+,28-/m0/s1. The first kappa shape index (κ1) is 36.0. The van der Waals surface area contributed by atoms with Crippen LogP contribution in [0.25, 0.3) is 0 Å². The Kier molecular flexibility index (Phi) is 15.1. The Hall–Kier alpha value is -4.22. The number of benzene rings is 1. The maximum atomic E-state index is 13.6. The van der Waals surface area contributed by atoms with Crippen molar-refractivity contribution >= 4 is 30.1 Å². The van der Waals surface area contributed by atoms with Crippen molar-refractivity contribution in [1.29, 1.82) is 0 Å². The molecule has 1 aromatic heterocycles. The average molecular weight is 613 g/mol. The second-order valence-electron chi connectivity index (χ2n) is 12.3. The third-order valence-corrected chi connectivity index (χ3v) is 6.70. The zero-order valence-corrected chi connectivity index (χ0v) is 26.6. The highest BCUT2D eigenvalue weighted by atomic mass is 16.5. The molecule has 2 rings (SSSR count). The molecule has 12 nitrogen and oxygen atoms in total. The molecule has 0 aliphatic carbocycles. The Morgan fingerprint density at radius 2 is 1.32 bits per heavy atom. The minimum Gasteiger partial charge on any atom is -0.445 e. The predicted octanol–water partition coefficient (Wildman–Crippen LogP) is 3.04. The lowest BCUT2D eigenvalue weighted by atomic mass is 9.99. The van der Waals surface area contributed by atoms with Crippen LogP contribution in [0.5, 0.6) is 0 Å². The second-order valence-corrected chi connectivity index (χ2v) is 12.3. The molecule has 0 spiro atoms. The van der Waals surface area contributed by atoms with Crippen LogP contribution in [0.1, 0.15) is 72.1 Å². The van der Waals surface area contributed by atoms with Crippen molar-refractivity contribution < 1.29 is 28.7 Å². The van der Waals surface area contributed by atoms with E-state index in [0.29, 0.717) is 24.8 Å². The lowest BCUT2D eigenvalue weighted by Gasteiger charge is -2.27. The number of amides is 4. The molecule has 44 heavy (non-hydrogen) atoms. The number of aldehydes is 1. The van der Waals surface area contributed by atoms with Crippen molar-refractivity contribution in [3.8, 4) is 0 Å². The molecule has 0 bridgehead atoms. The van der Waals surface area contributed by atoms with Crippen molar-refractivity contribution in [3.05, 3.63) is 54.1 Å². The molecule has 0 radical (unpaired) electrons. The summed E-state index contributed by atoms with van der Waals surface area (Å²) in [5.74, 6) is -1.32. The van der Waals surface area contributed by atoms with Gasteiger partial charge in [-0.3, -0.25) is 14.4 Å². The normalized spacial score (nSPS) is 13.9. The number of aromatic nitrogens is 2. The van der Waals surface area contributed by atoms with Crippen LogP contribution in [0.4, 0.5) is 4.79 Å². The maximum Gasteiger partial charge on any atom is 0.408 e. The average Bonchev–Trinajstić information content (AvgIpc) is 3.47. The molecule has 0 saturated carbocycles. The van der Waals surface area contributed by atoms with Crippen LogP contribution in [0.3, 0.4) is 0 Å². The van der Waals surface area contributed by atoms with E-state index < -0.39 is 48.0 Å². The highest BCUT2D eigenvalue weighted by molar-refractivity contribution is 5.94. The van der Waals surface area contributed by atoms with E-state index in [1.54, 1.807) is 0 Å². The molecule has 5 N–H and O–H groups in total. The number of H-pyrrole nitrogens is 1. The third-order valence-electron chi connectivity index (χ3n) is 6.70. The van der Waals surface area contributed by atoms with E-state index in [9.17, 15) is 24.0 Å². The zero-order valence-electron chi connectivity index (χ0n) is 26.6. The Morgan fingerprint density at radius 3 is 1.82 bits per heavy atom. The van der Waals surface area contributed by atoms with Crippen LogP contribution < -0.4 is 21.3 Å². The molecule has 0 aliphatic rings. The summed E-state index contributed by atoms with van der Waals surface area (Å²) in [6.45, 7) is 11.6. The first-order valence-corrected chi connectivity index (χ1v) is 15.2. The summed E-state index contributed by atoms with van der Waals surface area (Å²) >= 11 is 0. The first-order valence-electron chi connectivity index (χ1n) is 15.2. The molecular weight excluding hydrogens is 564 g/mol. The van der Waals surface area contributed by atoms with Gasteiger partial charge in [0, 0.05) is 18.3 Å². The number of aromatic amines is 1. The van der Waals surface area contributed by atoms with Gasteiger partial charge in [0.2, 0.25) is 17.7 Å². The van der Waals surface area contributed by atoms with E-state index in [4.69, 9.17) is 4.74 Å². The lowest BCUT2D eigenvalue weighted by Crippen LogP contribution is -2.58. The second kappa shape index (κ2) is 18.4. The molecular formula is C32H48N6O6. The van der Waals surface area contributed by atoms with Gasteiger partial charge < -0.3 is 35.8 Å². The van der Waals surface area contributed by atoms with Crippen LogP contribution in [0.2, 0.25) is 0 Å². The Balaban J connectivity index is 2.17. The van der Waals surface area contributed by atoms with E-state index >= 15 is 0 Å². The highest BCUT2D eigenvalue weighted by Crippen LogP contribution is 2.11. The summed E-state index contributed by atoms with van der Waals surface area (Å²) in [7, 11) is 0. The van der Waals surface area contributed by atoms with Gasteiger partial charge in [0.1, 0.15) is 31.0 Å². The van der Waals surface area contributed by atoms with Gasteiger partial charge in [-0.05, 0) is 42.6 Å². The summed E-state index contributed by atoms with van der Waals surface area (Å²) < 4.78 is 5.32. The van der Waals surface area contributed by atoms with Crippen molar-refractivity contribution in [3.63, 3.8) is 0 Å². The van der Waals surface area contributed by atoms with E-state index in [1.165, 1.54) is 12.5 Å². The molecule has 12 heteroatoms. The van der Waals surface area contributed by atoms with Crippen LogP contribution in [0, 0.1) is 17.8 Å². The van der Waals surface area contributed by atoms with Crippen molar-refractivity contribution in [2.75, 3.05) is 0 Å². The van der Waals surface area contributed by atoms with Gasteiger partial charge in [-0.2, -0.15) is 0 Å². The molecule has 2 aromatic rings. The SMILES string of the molecule is CC(C)C[C@@H](C=O)NC(=O)[C@H](CC(C)C)NC(=O)[C@@H](CC(C)C)NC(=O)[C@H](Cc1cnc[nH]1)NC(=O)OCc1ccccc1.